The summed E-state index contributed by atoms with van der Waals surface area (Å²) in [6, 6.07) is -0.0553. The lowest BCUT2D eigenvalue weighted by Crippen LogP contribution is -2.37. The molecular weight excluding hydrogens is 168 g/mol. The van der Waals surface area contributed by atoms with Gasteiger partial charge in [-0.1, -0.05) is 13.3 Å². The minimum atomic E-state index is -0.0553. The fraction of sp³-hybridized carbons (Fsp3) is 0.750. The number of hydrogen-bond donors (Lipinski definition) is 3. The number of nitrogens with zero attached hydrogens (tertiary/aromatic N) is 1. The highest BCUT2D eigenvalue weighted by molar-refractivity contribution is 5.93. The van der Waals surface area contributed by atoms with E-state index in [0.717, 1.165) is 12.8 Å². The number of unbranched alkanes of at least 4 members (excludes halogenated alkanes) is 1. The normalized spacial score (nSPS) is 11.1. The molecule has 5 nitrogen and oxygen atoms in total. The molecule has 13 heavy (non-hydrogen) atoms. The van der Waals surface area contributed by atoms with Crippen LogP contribution in [0.2, 0.25) is 0 Å². The summed E-state index contributed by atoms with van der Waals surface area (Å²) < 4.78 is 4.83. The predicted molar refractivity (Wildman–Crippen MR) is 53.9 cm³/mol. The van der Waals surface area contributed by atoms with Crippen molar-refractivity contribution in [3.63, 3.8) is 0 Å². The Morgan fingerprint density at radius 1 is 1.54 bits per heavy atom. The summed E-state index contributed by atoms with van der Waals surface area (Å²) in [6.07, 6.45) is 2.09. The second-order valence-corrected chi connectivity index (χ2v) is 2.51. The number of nitrogens with one attached hydrogen (secondary N) is 2. The van der Waals surface area contributed by atoms with Gasteiger partial charge in [0.15, 0.2) is 5.96 Å². The van der Waals surface area contributed by atoms with Gasteiger partial charge in [0.05, 0.1) is 6.61 Å². The third-order valence-electron chi connectivity index (χ3n) is 1.32. The molecule has 0 aromatic carbocycles. The van der Waals surface area contributed by atoms with Crippen molar-refractivity contribution < 1.29 is 4.74 Å². The van der Waals surface area contributed by atoms with Gasteiger partial charge in [-0.2, -0.15) is 0 Å². The van der Waals surface area contributed by atoms with Crippen molar-refractivity contribution in [2.24, 2.45) is 10.7 Å². The van der Waals surface area contributed by atoms with Crippen LogP contribution in [0.1, 0.15) is 26.7 Å². The highest BCUT2D eigenvalue weighted by Gasteiger charge is 1.96. The van der Waals surface area contributed by atoms with Gasteiger partial charge in [0.25, 0.3) is 6.02 Å². The molecule has 0 aromatic heterocycles. The van der Waals surface area contributed by atoms with Crippen LogP contribution in [0.15, 0.2) is 4.99 Å². The highest BCUT2D eigenvalue weighted by Crippen LogP contribution is 1.85. The minimum absolute atomic E-state index is 0.0553. The lowest BCUT2D eigenvalue weighted by molar-refractivity contribution is 0.313. The Balaban J connectivity index is 3.64. The van der Waals surface area contributed by atoms with Crippen molar-refractivity contribution in [2.45, 2.75) is 26.7 Å². The molecule has 5 heteroatoms. The number of aliphatic imine (C=N–C) groups is 1. The van der Waals surface area contributed by atoms with Crippen molar-refractivity contribution >= 4 is 12.0 Å². The molecule has 76 valence electrons. The van der Waals surface area contributed by atoms with Crippen LogP contribution >= 0.6 is 0 Å². The largest absolute Gasteiger partial charge is 0.465 e. The average Bonchev–Trinajstić information content (AvgIpc) is 2.05. The van der Waals surface area contributed by atoms with E-state index in [-0.39, 0.29) is 12.0 Å². The van der Waals surface area contributed by atoms with Crippen LogP contribution in [-0.4, -0.2) is 25.1 Å². The van der Waals surface area contributed by atoms with Gasteiger partial charge < -0.3 is 10.5 Å². The fourth-order valence-corrected chi connectivity index (χ4v) is 0.694. The van der Waals surface area contributed by atoms with Crippen molar-refractivity contribution in [2.75, 3.05) is 13.2 Å². The van der Waals surface area contributed by atoms with Crippen molar-refractivity contribution in [1.29, 1.82) is 5.41 Å². The number of hydrogen-bond acceptors (Lipinski definition) is 3. The third kappa shape index (κ3) is 7.11. The SMILES string of the molecule is CCCCN=C(N)NC(=N)OCC. The first-order chi connectivity index (χ1) is 6.20. The first-order valence-corrected chi connectivity index (χ1v) is 4.49. The first-order valence-electron chi connectivity index (χ1n) is 4.49. The molecule has 0 aliphatic rings. The predicted octanol–water partition coefficient (Wildman–Crippen LogP) is 0.662. The van der Waals surface area contributed by atoms with Gasteiger partial charge in [0, 0.05) is 6.54 Å². The van der Waals surface area contributed by atoms with E-state index in [2.05, 4.69) is 17.2 Å². The van der Waals surface area contributed by atoms with Gasteiger partial charge in [-0.25, -0.2) is 0 Å². The van der Waals surface area contributed by atoms with E-state index in [0.29, 0.717) is 13.2 Å². The van der Waals surface area contributed by atoms with Gasteiger partial charge in [-0.15, -0.1) is 0 Å². The molecule has 0 saturated carbocycles. The topological polar surface area (TPSA) is 83.5 Å². The molecule has 0 saturated heterocycles. The lowest BCUT2D eigenvalue weighted by atomic mass is 10.3. The van der Waals surface area contributed by atoms with Crippen LogP contribution in [0.5, 0.6) is 0 Å². The number of ether oxygens (including phenoxy) is 1. The molecule has 0 radical (unpaired) electrons. The van der Waals surface area contributed by atoms with Gasteiger partial charge in [-0.3, -0.25) is 15.7 Å². The second-order valence-electron chi connectivity index (χ2n) is 2.51. The van der Waals surface area contributed by atoms with Crippen LogP contribution in [0.4, 0.5) is 0 Å². The van der Waals surface area contributed by atoms with Crippen LogP contribution in [-0.2, 0) is 4.74 Å². The third-order valence-corrected chi connectivity index (χ3v) is 1.32. The Kier molecular flexibility index (Phi) is 6.68. The Labute approximate surface area is 78.9 Å². The van der Waals surface area contributed by atoms with E-state index in [1.165, 1.54) is 0 Å². The zero-order valence-corrected chi connectivity index (χ0v) is 8.26. The summed E-state index contributed by atoms with van der Waals surface area (Å²) in [5.74, 6) is 0.243. The monoisotopic (exact) mass is 186 g/mol. The number of rotatable bonds is 4. The summed E-state index contributed by atoms with van der Waals surface area (Å²) >= 11 is 0. The number of guanidine groups is 1. The molecule has 0 aromatic rings. The smallest absolute Gasteiger partial charge is 0.288 e. The van der Waals surface area contributed by atoms with Gasteiger partial charge in [-0.05, 0) is 13.3 Å². The Morgan fingerprint density at radius 2 is 2.23 bits per heavy atom. The zero-order chi connectivity index (χ0) is 10.1. The Morgan fingerprint density at radius 3 is 2.77 bits per heavy atom. The van der Waals surface area contributed by atoms with Crippen LogP contribution < -0.4 is 11.1 Å². The molecule has 0 heterocycles. The average molecular weight is 186 g/mol. The lowest BCUT2D eigenvalue weighted by Gasteiger charge is -2.06. The maximum atomic E-state index is 7.21. The maximum Gasteiger partial charge on any atom is 0.288 e. The molecule has 0 atom stereocenters. The minimum Gasteiger partial charge on any atom is -0.465 e. The van der Waals surface area contributed by atoms with Crippen LogP contribution in [0.25, 0.3) is 0 Å². The second kappa shape index (κ2) is 7.39. The Bertz CT molecular complexity index is 179. The summed E-state index contributed by atoms with van der Waals surface area (Å²) in [5.41, 5.74) is 5.46. The molecule has 0 fully saturated rings. The van der Waals surface area contributed by atoms with Crippen molar-refractivity contribution in [3.8, 4) is 0 Å². The molecule has 0 rings (SSSR count). The van der Waals surface area contributed by atoms with E-state index in [4.69, 9.17) is 15.9 Å². The summed E-state index contributed by atoms with van der Waals surface area (Å²) in [7, 11) is 0. The quantitative estimate of drug-likeness (QED) is 0.342. The van der Waals surface area contributed by atoms with Crippen molar-refractivity contribution in [1.82, 2.24) is 5.32 Å². The molecule has 4 N–H and O–H groups in total. The summed E-state index contributed by atoms with van der Waals surface area (Å²) in [5, 5.41) is 9.73. The van der Waals surface area contributed by atoms with Crippen LogP contribution in [0, 0.1) is 5.41 Å². The van der Waals surface area contributed by atoms with E-state index in [1.807, 2.05) is 0 Å². The molecular formula is C8H18N4O. The standard InChI is InChI=1S/C8H18N4O/c1-3-5-6-11-7(9)12-8(10)13-4-2/h3-6H2,1-2H3,(H4,9,10,11,12). The fourth-order valence-electron chi connectivity index (χ4n) is 0.694. The number of nitrogens with two attached hydrogens (primary N) is 1. The van der Waals surface area contributed by atoms with E-state index in [9.17, 15) is 0 Å². The van der Waals surface area contributed by atoms with Gasteiger partial charge in [0.2, 0.25) is 0 Å². The van der Waals surface area contributed by atoms with Gasteiger partial charge >= 0.3 is 0 Å². The first kappa shape index (κ1) is 11.7. The maximum absolute atomic E-state index is 7.21. The Hall–Kier alpha value is -1.26. The number of amidine groups is 1. The van der Waals surface area contributed by atoms with Gasteiger partial charge in [0.1, 0.15) is 0 Å². The zero-order valence-electron chi connectivity index (χ0n) is 8.26. The molecule has 0 spiro atoms. The van der Waals surface area contributed by atoms with E-state index >= 15 is 0 Å². The summed E-state index contributed by atoms with van der Waals surface area (Å²) in [4.78, 5) is 4.00. The molecule has 0 unspecified atom stereocenters. The molecule has 0 bridgehead atoms. The molecule has 0 aliphatic carbocycles. The van der Waals surface area contributed by atoms with E-state index < -0.39 is 0 Å². The molecule has 0 aliphatic heterocycles. The van der Waals surface area contributed by atoms with Crippen LogP contribution in [0.3, 0.4) is 0 Å². The highest BCUT2D eigenvalue weighted by atomic mass is 16.5. The van der Waals surface area contributed by atoms with Crippen molar-refractivity contribution in [3.05, 3.63) is 0 Å². The molecule has 0 amide bonds. The summed E-state index contributed by atoms with van der Waals surface area (Å²) in [6.45, 7) is 5.03. The van der Waals surface area contributed by atoms with E-state index in [1.54, 1.807) is 6.92 Å².